The van der Waals surface area contributed by atoms with Gasteiger partial charge in [0.15, 0.2) is 6.04 Å². The number of carbonyl (C=O) groups is 1. The van der Waals surface area contributed by atoms with Crippen LogP contribution in [0.2, 0.25) is 0 Å². The van der Waals surface area contributed by atoms with Crippen molar-refractivity contribution in [2.75, 3.05) is 12.4 Å². The molecule has 22 heavy (non-hydrogen) atoms. The molecule has 2 aromatic carbocycles. The first kappa shape index (κ1) is 16.7. The Morgan fingerprint density at radius 2 is 1.82 bits per heavy atom. The molecule has 3 nitrogen and oxygen atoms in total. The molecule has 116 valence electrons. The van der Waals surface area contributed by atoms with Crippen molar-refractivity contribution in [1.29, 1.82) is 0 Å². The number of nitrogens with one attached hydrogen (secondary N) is 2. The van der Waals surface area contributed by atoms with Gasteiger partial charge >= 0.3 is 0 Å². The summed E-state index contributed by atoms with van der Waals surface area (Å²) in [6, 6.07) is 15.8. The monoisotopic (exact) mass is 361 g/mol. The van der Waals surface area contributed by atoms with E-state index in [1.54, 1.807) is 0 Å². The van der Waals surface area contributed by atoms with E-state index in [4.69, 9.17) is 0 Å². The Hall–Kier alpha value is -1.65. The molecule has 2 N–H and O–H groups in total. The Labute approximate surface area is 140 Å². The molecule has 0 heterocycles. The van der Waals surface area contributed by atoms with Crippen molar-refractivity contribution in [3.63, 3.8) is 0 Å². The summed E-state index contributed by atoms with van der Waals surface area (Å²) in [4.78, 5) is 13.5. The topological polar surface area (TPSA) is 33.5 Å². The van der Waals surface area contributed by atoms with Crippen molar-refractivity contribution < 1.29 is 9.69 Å². The summed E-state index contributed by atoms with van der Waals surface area (Å²) in [6.07, 6.45) is 0. The molecule has 0 aliphatic rings. The number of hydrogen-bond donors (Lipinski definition) is 2. The summed E-state index contributed by atoms with van der Waals surface area (Å²) in [7, 11) is 2.05. The molecule has 4 heteroatoms. The van der Waals surface area contributed by atoms with Gasteiger partial charge in [-0.3, -0.25) is 4.79 Å². The van der Waals surface area contributed by atoms with Gasteiger partial charge in [0.05, 0.1) is 7.05 Å². The van der Waals surface area contributed by atoms with Crippen LogP contribution in [0.15, 0.2) is 53.0 Å². The molecule has 1 unspecified atom stereocenters. The van der Waals surface area contributed by atoms with Crippen LogP contribution < -0.4 is 10.2 Å². The maximum Gasteiger partial charge on any atom is 0.282 e. The van der Waals surface area contributed by atoms with E-state index in [1.165, 1.54) is 16.0 Å². The van der Waals surface area contributed by atoms with Crippen molar-refractivity contribution >= 4 is 27.5 Å². The van der Waals surface area contributed by atoms with Gasteiger partial charge in [-0.25, -0.2) is 0 Å². The maximum atomic E-state index is 12.4. The first-order chi connectivity index (χ1) is 10.5. The van der Waals surface area contributed by atoms with Crippen molar-refractivity contribution in [2.45, 2.75) is 26.4 Å². The van der Waals surface area contributed by atoms with Crippen LogP contribution in [0.3, 0.4) is 0 Å². The van der Waals surface area contributed by atoms with E-state index < -0.39 is 0 Å². The number of halogens is 1. The third kappa shape index (κ3) is 4.42. The highest BCUT2D eigenvalue weighted by Gasteiger charge is 2.22. The number of amides is 1. The molecule has 0 aromatic heterocycles. The van der Waals surface area contributed by atoms with Crippen molar-refractivity contribution in [3.8, 4) is 0 Å². The second-order valence-corrected chi connectivity index (χ2v) is 6.58. The zero-order chi connectivity index (χ0) is 16.1. The number of anilines is 1. The molecule has 2 atom stereocenters. The lowest BCUT2D eigenvalue weighted by atomic mass is 10.1. The SMILES string of the molecule is Cc1ccccc1C[NH+](C)[C@H](C)C(=O)Nc1ccc(Br)cc1. The lowest BCUT2D eigenvalue weighted by Crippen LogP contribution is -3.12. The molecular weight excluding hydrogens is 340 g/mol. The van der Waals surface area contributed by atoms with Gasteiger partial charge in [-0.1, -0.05) is 40.2 Å². The number of quaternary nitrogens is 1. The van der Waals surface area contributed by atoms with Gasteiger partial charge in [0.25, 0.3) is 5.91 Å². The van der Waals surface area contributed by atoms with Crippen LogP contribution in [0.4, 0.5) is 5.69 Å². The van der Waals surface area contributed by atoms with Crippen LogP contribution in [0.5, 0.6) is 0 Å². The van der Waals surface area contributed by atoms with Crippen LogP contribution in [-0.2, 0) is 11.3 Å². The molecule has 0 bridgehead atoms. The number of aryl methyl sites for hydroxylation is 1. The van der Waals surface area contributed by atoms with Gasteiger partial charge in [-0.2, -0.15) is 0 Å². The molecule has 2 rings (SSSR count). The molecule has 0 aliphatic carbocycles. The van der Waals surface area contributed by atoms with Crippen molar-refractivity contribution in [2.24, 2.45) is 0 Å². The van der Waals surface area contributed by atoms with Crippen LogP contribution in [0.1, 0.15) is 18.1 Å². The predicted molar refractivity (Wildman–Crippen MR) is 94.0 cm³/mol. The lowest BCUT2D eigenvalue weighted by Gasteiger charge is -2.22. The fourth-order valence-corrected chi connectivity index (χ4v) is 2.53. The molecule has 0 aliphatic heterocycles. The van der Waals surface area contributed by atoms with E-state index in [9.17, 15) is 4.79 Å². The largest absolute Gasteiger partial charge is 0.324 e. The average Bonchev–Trinajstić information content (AvgIpc) is 2.51. The van der Waals surface area contributed by atoms with E-state index in [2.05, 4.69) is 47.4 Å². The zero-order valence-corrected chi connectivity index (χ0v) is 14.8. The first-order valence-corrected chi connectivity index (χ1v) is 8.20. The van der Waals surface area contributed by atoms with Crippen molar-refractivity contribution in [1.82, 2.24) is 0 Å². The number of carbonyl (C=O) groups excluding carboxylic acids is 1. The minimum Gasteiger partial charge on any atom is -0.324 e. The summed E-state index contributed by atoms with van der Waals surface area (Å²) in [6.45, 7) is 4.90. The van der Waals surface area contributed by atoms with Gasteiger partial charge in [0.1, 0.15) is 6.54 Å². The van der Waals surface area contributed by atoms with Gasteiger partial charge in [0.2, 0.25) is 0 Å². The fourth-order valence-electron chi connectivity index (χ4n) is 2.27. The molecule has 0 saturated carbocycles. The summed E-state index contributed by atoms with van der Waals surface area (Å²) >= 11 is 3.39. The van der Waals surface area contributed by atoms with E-state index >= 15 is 0 Å². The Bertz CT molecular complexity index is 640. The maximum absolute atomic E-state index is 12.4. The highest BCUT2D eigenvalue weighted by Crippen LogP contribution is 2.14. The Morgan fingerprint density at radius 3 is 2.45 bits per heavy atom. The van der Waals surface area contributed by atoms with Crippen LogP contribution in [-0.4, -0.2) is 19.0 Å². The van der Waals surface area contributed by atoms with Crippen LogP contribution in [0.25, 0.3) is 0 Å². The fraction of sp³-hybridized carbons (Fsp3) is 0.278. The van der Waals surface area contributed by atoms with E-state index in [-0.39, 0.29) is 11.9 Å². The third-order valence-corrected chi connectivity index (χ3v) is 4.50. The predicted octanol–water partition coefficient (Wildman–Crippen LogP) is 2.80. The molecule has 0 spiro atoms. The summed E-state index contributed by atoms with van der Waals surface area (Å²) in [5.74, 6) is 0.0356. The standard InChI is InChI=1S/C18H21BrN2O/c1-13-6-4-5-7-15(13)12-21(3)14(2)18(22)20-17-10-8-16(19)9-11-17/h4-11,14H,12H2,1-3H3,(H,20,22)/p+1/t14-/m1/s1. The number of likely N-dealkylation sites (N-methyl/N-ethyl adjacent to an activating group) is 1. The van der Waals surface area contributed by atoms with Crippen molar-refractivity contribution in [3.05, 3.63) is 64.1 Å². The second-order valence-electron chi connectivity index (χ2n) is 5.67. The third-order valence-electron chi connectivity index (χ3n) is 3.97. The quantitative estimate of drug-likeness (QED) is 0.843. The molecule has 0 radical (unpaired) electrons. The molecule has 1 amide bonds. The van der Waals surface area contributed by atoms with Gasteiger partial charge < -0.3 is 10.2 Å². The van der Waals surface area contributed by atoms with Gasteiger partial charge in [-0.15, -0.1) is 0 Å². The first-order valence-electron chi connectivity index (χ1n) is 7.40. The van der Waals surface area contributed by atoms with E-state index in [1.807, 2.05) is 43.3 Å². The molecule has 0 fully saturated rings. The highest BCUT2D eigenvalue weighted by atomic mass is 79.9. The van der Waals surface area contributed by atoms with Gasteiger partial charge in [0, 0.05) is 15.7 Å². The van der Waals surface area contributed by atoms with Crippen LogP contribution in [0, 0.1) is 6.92 Å². The Balaban J connectivity index is 1.97. The summed E-state index contributed by atoms with van der Waals surface area (Å²) < 4.78 is 1.00. The smallest absolute Gasteiger partial charge is 0.282 e. The van der Waals surface area contributed by atoms with E-state index in [0.717, 1.165) is 16.7 Å². The molecule has 0 saturated heterocycles. The van der Waals surface area contributed by atoms with Crippen LogP contribution >= 0.6 is 15.9 Å². The lowest BCUT2D eigenvalue weighted by molar-refractivity contribution is -0.907. The minimum atomic E-state index is -0.122. The number of rotatable bonds is 5. The number of hydrogen-bond acceptors (Lipinski definition) is 1. The number of benzene rings is 2. The zero-order valence-electron chi connectivity index (χ0n) is 13.2. The Kier molecular flexibility index (Phi) is 5.75. The highest BCUT2D eigenvalue weighted by molar-refractivity contribution is 9.10. The average molecular weight is 362 g/mol. The summed E-state index contributed by atoms with van der Waals surface area (Å²) in [5.41, 5.74) is 3.37. The second kappa shape index (κ2) is 7.56. The Morgan fingerprint density at radius 1 is 1.18 bits per heavy atom. The van der Waals surface area contributed by atoms with E-state index in [0.29, 0.717) is 0 Å². The summed E-state index contributed by atoms with van der Waals surface area (Å²) in [5, 5.41) is 2.97. The minimum absolute atomic E-state index is 0.0356. The molecule has 2 aromatic rings. The normalized spacial score (nSPS) is 13.5. The molecular formula is C18H22BrN2O+. The van der Waals surface area contributed by atoms with Gasteiger partial charge in [-0.05, 0) is 43.7 Å².